The van der Waals surface area contributed by atoms with Gasteiger partial charge in [-0.05, 0) is 12.1 Å². The number of nitrogens with zero attached hydrogens (tertiary/aromatic N) is 4. The van der Waals surface area contributed by atoms with E-state index in [1.165, 1.54) is 23.0 Å². The average molecular weight is 263 g/mol. The van der Waals surface area contributed by atoms with Gasteiger partial charge in [-0.25, -0.2) is 4.39 Å². The number of para-hydroxylation sites is 1. The lowest BCUT2D eigenvalue weighted by Gasteiger charge is -2.02. The number of hydrogen-bond acceptors (Lipinski definition) is 5. The van der Waals surface area contributed by atoms with Gasteiger partial charge in [-0.15, -0.1) is 15.3 Å². The van der Waals surface area contributed by atoms with Crippen LogP contribution in [0.1, 0.15) is 9.80 Å². The number of amides is 1. The van der Waals surface area contributed by atoms with E-state index in [1.54, 1.807) is 12.1 Å². The minimum Gasteiger partial charge on any atom is -0.317 e. The molecule has 1 aromatic carbocycles. The summed E-state index contributed by atoms with van der Waals surface area (Å²) in [6, 6.07) is 5.94. The molecule has 8 heteroatoms. The van der Waals surface area contributed by atoms with E-state index in [-0.39, 0.29) is 10.7 Å². The van der Waals surface area contributed by atoms with Gasteiger partial charge in [-0.3, -0.25) is 4.79 Å². The summed E-state index contributed by atoms with van der Waals surface area (Å²) in [5.74, 6) is -0.968. The van der Waals surface area contributed by atoms with Crippen LogP contribution < -0.4 is 5.32 Å². The van der Waals surface area contributed by atoms with Crippen molar-refractivity contribution >= 4 is 27.9 Å². The van der Waals surface area contributed by atoms with Crippen molar-refractivity contribution in [3.8, 4) is 0 Å². The summed E-state index contributed by atoms with van der Waals surface area (Å²) < 4.78 is 14.7. The highest BCUT2D eigenvalue weighted by Crippen LogP contribution is 2.16. The van der Waals surface area contributed by atoms with Crippen LogP contribution in [0, 0.1) is 5.82 Å². The van der Waals surface area contributed by atoms with E-state index in [9.17, 15) is 9.18 Å². The molecule has 0 unspecified atom stereocenters. The minimum atomic E-state index is -0.492. The molecule has 2 aromatic heterocycles. The van der Waals surface area contributed by atoms with Gasteiger partial charge in [0.15, 0.2) is 0 Å². The average Bonchev–Trinajstić information content (AvgIpc) is 2.92. The fourth-order valence-electron chi connectivity index (χ4n) is 1.39. The lowest BCUT2D eigenvalue weighted by molar-refractivity contribution is 0.102. The molecule has 0 fully saturated rings. The van der Waals surface area contributed by atoms with Crippen LogP contribution in [0.5, 0.6) is 0 Å². The van der Waals surface area contributed by atoms with E-state index in [4.69, 9.17) is 0 Å². The quantitative estimate of drug-likeness (QED) is 0.761. The Hall–Kier alpha value is -2.35. The van der Waals surface area contributed by atoms with E-state index < -0.39 is 11.7 Å². The van der Waals surface area contributed by atoms with Gasteiger partial charge in [0.05, 0.1) is 5.69 Å². The van der Waals surface area contributed by atoms with Gasteiger partial charge in [0, 0.05) is 0 Å². The highest BCUT2D eigenvalue weighted by Gasteiger charge is 2.15. The Kier molecular flexibility index (Phi) is 2.49. The standard InChI is InChI=1S/C10H6FN5OS/c11-6-3-1-2-4-7(6)13-8(17)9-15-16-5-12-14-10(16)18-9/h1-5H,(H,13,17). The largest absolute Gasteiger partial charge is 0.317 e. The predicted molar refractivity (Wildman–Crippen MR) is 63.0 cm³/mol. The highest BCUT2D eigenvalue weighted by molar-refractivity contribution is 7.18. The van der Waals surface area contributed by atoms with Gasteiger partial charge < -0.3 is 5.32 Å². The summed E-state index contributed by atoms with van der Waals surface area (Å²) in [6.45, 7) is 0. The lowest BCUT2D eigenvalue weighted by Crippen LogP contribution is -2.13. The second-order valence-corrected chi connectivity index (χ2v) is 4.36. The van der Waals surface area contributed by atoms with Crippen molar-refractivity contribution in [1.82, 2.24) is 19.8 Å². The zero-order valence-electron chi connectivity index (χ0n) is 8.87. The van der Waals surface area contributed by atoms with Crippen molar-refractivity contribution in [2.24, 2.45) is 0 Å². The third-order valence-electron chi connectivity index (χ3n) is 2.20. The molecule has 0 radical (unpaired) electrons. The highest BCUT2D eigenvalue weighted by atomic mass is 32.1. The maximum Gasteiger partial charge on any atom is 0.286 e. The number of carbonyl (C=O) groups excluding carboxylic acids is 1. The maximum absolute atomic E-state index is 13.4. The summed E-state index contributed by atoms with van der Waals surface area (Å²) >= 11 is 1.08. The topological polar surface area (TPSA) is 72.2 Å². The Morgan fingerprint density at radius 1 is 1.39 bits per heavy atom. The van der Waals surface area contributed by atoms with Crippen LogP contribution in [0.4, 0.5) is 10.1 Å². The number of hydrogen-bond donors (Lipinski definition) is 1. The molecule has 90 valence electrons. The number of anilines is 1. The normalized spacial score (nSPS) is 10.7. The van der Waals surface area contributed by atoms with Crippen LogP contribution in [-0.2, 0) is 0 Å². The molecule has 0 aliphatic heterocycles. The maximum atomic E-state index is 13.4. The summed E-state index contributed by atoms with van der Waals surface area (Å²) in [6.07, 6.45) is 1.39. The van der Waals surface area contributed by atoms with Crippen molar-refractivity contribution in [1.29, 1.82) is 0 Å². The Labute approximate surface area is 104 Å². The van der Waals surface area contributed by atoms with E-state index in [1.807, 2.05) is 0 Å². The van der Waals surface area contributed by atoms with E-state index in [2.05, 4.69) is 20.6 Å². The zero-order chi connectivity index (χ0) is 12.5. The van der Waals surface area contributed by atoms with Crippen LogP contribution in [0.3, 0.4) is 0 Å². The smallest absolute Gasteiger partial charge is 0.286 e. The Balaban J connectivity index is 1.87. The molecule has 0 aliphatic rings. The predicted octanol–water partition coefficient (Wildman–Crippen LogP) is 1.58. The fourth-order valence-corrected chi connectivity index (χ4v) is 2.10. The second-order valence-electron chi connectivity index (χ2n) is 3.40. The summed E-state index contributed by atoms with van der Waals surface area (Å²) in [5, 5.41) is 14.0. The third kappa shape index (κ3) is 1.82. The van der Waals surface area contributed by atoms with Gasteiger partial charge in [-0.1, -0.05) is 23.5 Å². The number of halogens is 1. The molecular weight excluding hydrogens is 257 g/mol. The Morgan fingerprint density at radius 2 is 2.22 bits per heavy atom. The Bertz CT molecular complexity index is 693. The van der Waals surface area contributed by atoms with Crippen molar-refractivity contribution in [2.45, 2.75) is 0 Å². The zero-order valence-corrected chi connectivity index (χ0v) is 9.69. The first-order valence-electron chi connectivity index (χ1n) is 4.97. The number of fused-ring (bicyclic) bond motifs is 1. The number of rotatable bonds is 2. The van der Waals surface area contributed by atoms with Crippen LogP contribution in [0.2, 0.25) is 0 Å². The summed E-state index contributed by atoms with van der Waals surface area (Å²) in [4.78, 5) is 12.4. The molecule has 0 bridgehead atoms. The first kappa shape index (κ1) is 10.8. The van der Waals surface area contributed by atoms with Crippen LogP contribution in [0.15, 0.2) is 30.6 Å². The molecule has 3 aromatic rings. The van der Waals surface area contributed by atoms with Crippen molar-refractivity contribution < 1.29 is 9.18 Å². The number of benzene rings is 1. The Morgan fingerprint density at radius 3 is 3.00 bits per heavy atom. The van der Waals surface area contributed by atoms with E-state index >= 15 is 0 Å². The lowest BCUT2D eigenvalue weighted by atomic mass is 10.3. The molecule has 0 spiro atoms. The molecule has 0 saturated heterocycles. The molecule has 18 heavy (non-hydrogen) atoms. The van der Waals surface area contributed by atoms with Gasteiger partial charge >= 0.3 is 0 Å². The van der Waals surface area contributed by atoms with Gasteiger partial charge in [-0.2, -0.15) is 4.52 Å². The SMILES string of the molecule is O=C(Nc1ccccc1F)c1nn2cnnc2s1. The monoisotopic (exact) mass is 263 g/mol. The molecule has 1 N–H and O–H groups in total. The number of aromatic nitrogens is 4. The third-order valence-corrected chi connectivity index (χ3v) is 3.11. The number of nitrogens with one attached hydrogen (secondary N) is 1. The number of carbonyl (C=O) groups is 1. The fraction of sp³-hybridized carbons (Fsp3) is 0. The molecule has 1 amide bonds. The second kappa shape index (κ2) is 4.15. The molecule has 0 atom stereocenters. The molecule has 0 aliphatic carbocycles. The van der Waals surface area contributed by atoms with Gasteiger partial charge in [0.2, 0.25) is 9.97 Å². The van der Waals surface area contributed by atoms with E-state index in [0.717, 1.165) is 11.3 Å². The first-order chi connectivity index (χ1) is 8.74. The minimum absolute atomic E-state index is 0.119. The summed E-state index contributed by atoms with van der Waals surface area (Å²) in [7, 11) is 0. The molecule has 3 rings (SSSR count). The van der Waals surface area contributed by atoms with Gasteiger partial charge in [0.1, 0.15) is 12.1 Å². The molecule has 0 saturated carbocycles. The first-order valence-corrected chi connectivity index (χ1v) is 5.78. The van der Waals surface area contributed by atoms with Crippen molar-refractivity contribution in [3.05, 3.63) is 41.4 Å². The summed E-state index contributed by atoms with van der Waals surface area (Å²) in [5.41, 5.74) is 0.119. The van der Waals surface area contributed by atoms with Crippen molar-refractivity contribution in [2.75, 3.05) is 5.32 Å². The van der Waals surface area contributed by atoms with Crippen molar-refractivity contribution in [3.63, 3.8) is 0 Å². The van der Waals surface area contributed by atoms with E-state index in [0.29, 0.717) is 4.96 Å². The van der Waals surface area contributed by atoms with Gasteiger partial charge in [0.25, 0.3) is 5.91 Å². The van der Waals surface area contributed by atoms with Crippen LogP contribution in [0.25, 0.3) is 4.96 Å². The molecule has 2 heterocycles. The molecular formula is C10H6FN5OS. The van der Waals surface area contributed by atoms with Crippen LogP contribution >= 0.6 is 11.3 Å². The van der Waals surface area contributed by atoms with Crippen LogP contribution in [-0.4, -0.2) is 25.7 Å². The molecule has 6 nitrogen and oxygen atoms in total.